The minimum absolute atomic E-state index is 0.231. The Morgan fingerprint density at radius 2 is 2.06 bits per heavy atom. The van der Waals surface area contributed by atoms with Crippen molar-refractivity contribution in [1.29, 1.82) is 0 Å². The molecule has 1 saturated heterocycles. The fourth-order valence-electron chi connectivity index (χ4n) is 2.41. The largest absolute Gasteiger partial charge is 0.371 e. The van der Waals surface area contributed by atoms with Crippen LogP contribution in [-0.4, -0.2) is 19.1 Å². The Labute approximate surface area is 109 Å². The van der Waals surface area contributed by atoms with Crippen LogP contribution in [0.25, 0.3) is 0 Å². The molecule has 1 aliphatic heterocycles. The first-order valence-electron chi connectivity index (χ1n) is 6.49. The summed E-state index contributed by atoms with van der Waals surface area (Å²) in [7, 11) is 0. The van der Waals surface area contributed by atoms with Crippen LogP contribution in [0.4, 0.5) is 5.69 Å². The lowest BCUT2D eigenvalue weighted by atomic mass is 10.0. The first-order chi connectivity index (χ1) is 8.20. The molecule has 1 aromatic carbocycles. The van der Waals surface area contributed by atoms with Gasteiger partial charge in [0, 0.05) is 29.8 Å². The Balaban J connectivity index is 2.23. The Kier molecular flexibility index (Phi) is 4.30. The highest BCUT2D eigenvalue weighted by molar-refractivity contribution is 6.30. The lowest BCUT2D eigenvalue weighted by Gasteiger charge is -2.23. The van der Waals surface area contributed by atoms with E-state index in [-0.39, 0.29) is 6.04 Å². The number of nitrogens with two attached hydrogens (primary N) is 1. The zero-order valence-electron chi connectivity index (χ0n) is 10.5. The van der Waals surface area contributed by atoms with Crippen molar-refractivity contribution in [2.45, 2.75) is 38.6 Å². The Bertz CT molecular complexity index is 372. The third-order valence-electron chi connectivity index (χ3n) is 3.49. The SMILES string of the molecule is CCC(N)Cc1cc(Cl)ccc1N1CCCC1. The fraction of sp³-hybridized carbons (Fsp3) is 0.571. The van der Waals surface area contributed by atoms with Gasteiger partial charge in [-0.05, 0) is 49.4 Å². The minimum Gasteiger partial charge on any atom is -0.371 e. The van der Waals surface area contributed by atoms with E-state index in [1.807, 2.05) is 6.07 Å². The molecular weight excluding hydrogens is 232 g/mol. The molecule has 0 amide bonds. The standard InChI is InChI=1S/C14H21ClN2/c1-2-13(16)10-11-9-12(15)5-6-14(11)17-7-3-4-8-17/h5-6,9,13H,2-4,7-8,10,16H2,1H3. The number of nitrogens with zero attached hydrogens (tertiary/aromatic N) is 1. The number of halogens is 1. The van der Waals surface area contributed by atoms with Crippen molar-refractivity contribution in [3.63, 3.8) is 0 Å². The van der Waals surface area contributed by atoms with Crippen LogP contribution in [-0.2, 0) is 6.42 Å². The molecule has 1 aliphatic rings. The van der Waals surface area contributed by atoms with Crippen molar-refractivity contribution in [2.24, 2.45) is 5.73 Å². The maximum atomic E-state index is 6.09. The molecule has 1 fully saturated rings. The number of rotatable bonds is 4. The van der Waals surface area contributed by atoms with E-state index in [1.165, 1.54) is 24.1 Å². The second kappa shape index (κ2) is 5.74. The summed E-state index contributed by atoms with van der Waals surface area (Å²) in [4.78, 5) is 2.45. The van der Waals surface area contributed by atoms with E-state index in [4.69, 9.17) is 17.3 Å². The molecule has 2 nitrogen and oxygen atoms in total. The molecule has 0 spiro atoms. The van der Waals surface area contributed by atoms with E-state index in [0.717, 1.165) is 31.0 Å². The quantitative estimate of drug-likeness (QED) is 0.892. The van der Waals surface area contributed by atoms with Crippen molar-refractivity contribution in [3.05, 3.63) is 28.8 Å². The van der Waals surface area contributed by atoms with Crippen molar-refractivity contribution in [3.8, 4) is 0 Å². The highest BCUT2D eigenvalue weighted by atomic mass is 35.5. The molecule has 17 heavy (non-hydrogen) atoms. The zero-order valence-corrected chi connectivity index (χ0v) is 11.2. The van der Waals surface area contributed by atoms with Crippen LogP contribution in [0.3, 0.4) is 0 Å². The fourth-order valence-corrected chi connectivity index (χ4v) is 2.61. The van der Waals surface area contributed by atoms with Crippen LogP contribution in [0.15, 0.2) is 18.2 Å². The molecule has 3 heteroatoms. The van der Waals surface area contributed by atoms with Gasteiger partial charge in [-0.3, -0.25) is 0 Å². The summed E-state index contributed by atoms with van der Waals surface area (Å²) in [5, 5.41) is 0.811. The van der Waals surface area contributed by atoms with E-state index in [0.29, 0.717) is 0 Å². The molecule has 1 unspecified atom stereocenters. The second-order valence-corrected chi connectivity index (χ2v) is 5.28. The number of hydrogen-bond acceptors (Lipinski definition) is 2. The number of benzene rings is 1. The molecule has 1 aromatic rings. The zero-order chi connectivity index (χ0) is 12.3. The molecule has 1 heterocycles. The molecule has 2 N–H and O–H groups in total. The van der Waals surface area contributed by atoms with E-state index < -0.39 is 0 Å². The molecular formula is C14H21ClN2. The maximum Gasteiger partial charge on any atom is 0.0410 e. The van der Waals surface area contributed by atoms with Gasteiger partial charge in [-0.15, -0.1) is 0 Å². The first kappa shape index (κ1) is 12.7. The van der Waals surface area contributed by atoms with Gasteiger partial charge in [-0.2, -0.15) is 0 Å². The summed E-state index contributed by atoms with van der Waals surface area (Å²) < 4.78 is 0. The van der Waals surface area contributed by atoms with Crippen LogP contribution in [0.2, 0.25) is 5.02 Å². The molecule has 1 atom stereocenters. The molecule has 0 aromatic heterocycles. The van der Waals surface area contributed by atoms with Crippen molar-refractivity contribution in [1.82, 2.24) is 0 Å². The Morgan fingerprint density at radius 3 is 2.71 bits per heavy atom. The van der Waals surface area contributed by atoms with Crippen molar-refractivity contribution >= 4 is 17.3 Å². The molecule has 0 radical (unpaired) electrons. The Morgan fingerprint density at radius 1 is 1.35 bits per heavy atom. The van der Waals surface area contributed by atoms with Crippen molar-refractivity contribution < 1.29 is 0 Å². The first-order valence-corrected chi connectivity index (χ1v) is 6.87. The predicted molar refractivity (Wildman–Crippen MR) is 74.9 cm³/mol. The van der Waals surface area contributed by atoms with Gasteiger partial charge in [0.2, 0.25) is 0 Å². The summed E-state index contributed by atoms with van der Waals surface area (Å²) in [6.07, 6.45) is 4.51. The monoisotopic (exact) mass is 252 g/mol. The smallest absolute Gasteiger partial charge is 0.0410 e. The maximum absolute atomic E-state index is 6.09. The molecule has 0 aliphatic carbocycles. The van der Waals surface area contributed by atoms with Gasteiger partial charge < -0.3 is 10.6 Å². The molecule has 0 bridgehead atoms. The topological polar surface area (TPSA) is 29.3 Å². The Hall–Kier alpha value is -0.730. The van der Waals surface area contributed by atoms with Gasteiger partial charge in [0.15, 0.2) is 0 Å². The van der Waals surface area contributed by atoms with Gasteiger partial charge in [0.1, 0.15) is 0 Å². The third kappa shape index (κ3) is 3.14. The molecule has 94 valence electrons. The molecule has 0 saturated carbocycles. The van der Waals surface area contributed by atoms with E-state index >= 15 is 0 Å². The van der Waals surface area contributed by atoms with Crippen LogP contribution in [0.1, 0.15) is 31.7 Å². The summed E-state index contributed by atoms with van der Waals surface area (Å²) >= 11 is 6.09. The average Bonchev–Trinajstić information content (AvgIpc) is 2.82. The normalized spacial score (nSPS) is 17.5. The van der Waals surface area contributed by atoms with Gasteiger partial charge in [0.05, 0.1) is 0 Å². The minimum atomic E-state index is 0.231. The lowest BCUT2D eigenvalue weighted by molar-refractivity contribution is 0.645. The van der Waals surface area contributed by atoms with Crippen molar-refractivity contribution in [2.75, 3.05) is 18.0 Å². The summed E-state index contributed by atoms with van der Waals surface area (Å²) in [6, 6.07) is 6.43. The summed E-state index contributed by atoms with van der Waals surface area (Å²) in [5.74, 6) is 0. The summed E-state index contributed by atoms with van der Waals surface area (Å²) in [6.45, 7) is 4.46. The van der Waals surface area contributed by atoms with E-state index in [1.54, 1.807) is 0 Å². The predicted octanol–water partition coefficient (Wildman–Crippen LogP) is 3.22. The third-order valence-corrected chi connectivity index (χ3v) is 3.73. The van der Waals surface area contributed by atoms with Gasteiger partial charge in [0.25, 0.3) is 0 Å². The van der Waals surface area contributed by atoms with Crippen LogP contribution in [0, 0.1) is 0 Å². The second-order valence-electron chi connectivity index (χ2n) is 4.84. The number of anilines is 1. The van der Waals surface area contributed by atoms with E-state index in [2.05, 4.69) is 24.0 Å². The van der Waals surface area contributed by atoms with Crippen LogP contribution >= 0.6 is 11.6 Å². The number of hydrogen-bond donors (Lipinski definition) is 1. The molecule has 2 rings (SSSR count). The van der Waals surface area contributed by atoms with Gasteiger partial charge >= 0.3 is 0 Å². The van der Waals surface area contributed by atoms with Gasteiger partial charge in [-0.1, -0.05) is 18.5 Å². The van der Waals surface area contributed by atoms with Crippen LogP contribution in [0.5, 0.6) is 0 Å². The van der Waals surface area contributed by atoms with E-state index in [9.17, 15) is 0 Å². The summed E-state index contributed by atoms with van der Waals surface area (Å²) in [5.41, 5.74) is 8.69. The highest BCUT2D eigenvalue weighted by Crippen LogP contribution is 2.28. The lowest BCUT2D eigenvalue weighted by Crippen LogP contribution is -2.24. The average molecular weight is 253 g/mol. The van der Waals surface area contributed by atoms with Crippen LogP contribution < -0.4 is 10.6 Å². The van der Waals surface area contributed by atoms with Gasteiger partial charge in [-0.25, -0.2) is 0 Å². The highest BCUT2D eigenvalue weighted by Gasteiger charge is 2.16.